The summed E-state index contributed by atoms with van der Waals surface area (Å²) < 4.78 is 1.51. The van der Waals surface area contributed by atoms with Crippen molar-refractivity contribution in [3.8, 4) is 11.5 Å². The number of nitrogens with zero attached hydrogens (tertiary/aromatic N) is 3. The molecular weight excluding hydrogens is 322 g/mol. The molecule has 4 rings (SSSR count). The summed E-state index contributed by atoms with van der Waals surface area (Å²) in [5.41, 5.74) is 5.21. The smallest absolute Gasteiger partial charge is 0.255 e. The average Bonchev–Trinajstić information content (AvgIpc) is 3.24. The minimum absolute atomic E-state index is 0.165. The van der Waals surface area contributed by atoms with Gasteiger partial charge in [-0.15, -0.1) is 11.3 Å². The molecule has 0 unspecified atom stereocenters. The number of benzene rings is 2. The van der Waals surface area contributed by atoms with E-state index in [-0.39, 0.29) is 5.91 Å². The van der Waals surface area contributed by atoms with Crippen molar-refractivity contribution in [1.29, 1.82) is 0 Å². The second kappa shape index (κ2) is 5.78. The molecule has 3 N–H and O–H groups in total. The van der Waals surface area contributed by atoms with Gasteiger partial charge in [0.2, 0.25) is 0 Å². The largest absolute Gasteiger partial charge is 0.337 e. The highest BCUT2D eigenvalue weighted by molar-refractivity contribution is 7.07. The number of amides is 1. The van der Waals surface area contributed by atoms with Crippen LogP contribution in [-0.4, -0.2) is 20.6 Å². The SMILES string of the molecule is Nn1c(-c2cscn2)nc2cc(NC(=O)c3ccccc3)ccc21. The van der Waals surface area contributed by atoms with Gasteiger partial charge in [-0.1, -0.05) is 18.2 Å². The number of hydrogen-bond donors (Lipinski definition) is 2. The van der Waals surface area contributed by atoms with E-state index in [1.807, 2.05) is 29.6 Å². The molecule has 118 valence electrons. The molecular formula is C17H13N5OS. The standard InChI is InChI=1S/C17H13N5OS/c18-22-15-7-6-12(20-17(23)11-4-2-1-3-5-11)8-13(15)21-16(22)14-9-24-10-19-14/h1-10H,18H2,(H,20,23). The molecule has 0 saturated heterocycles. The summed E-state index contributed by atoms with van der Waals surface area (Å²) in [6, 6.07) is 14.5. The van der Waals surface area contributed by atoms with E-state index in [4.69, 9.17) is 5.84 Å². The highest BCUT2D eigenvalue weighted by atomic mass is 32.1. The number of nitrogens with one attached hydrogen (secondary N) is 1. The molecule has 0 radical (unpaired) electrons. The first-order valence-electron chi connectivity index (χ1n) is 7.25. The lowest BCUT2D eigenvalue weighted by Crippen LogP contribution is -2.12. The average molecular weight is 335 g/mol. The van der Waals surface area contributed by atoms with Crippen LogP contribution in [0.2, 0.25) is 0 Å². The third kappa shape index (κ3) is 2.50. The molecule has 0 saturated carbocycles. The molecule has 1 amide bonds. The van der Waals surface area contributed by atoms with E-state index in [2.05, 4.69) is 15.3 Å². The number of hydrogen-bond acceptors (Lipinski definition) is 5. The van der Waals surface area contributed by atoms with Crippen molar-refractivity contribution in [2.24, 2.45) is 0 Å². The molecule has 0 fully saturated rings. The van der Waals surface area contributed by atoms with E-state index >= 15 is 0 Å². The Morgan fingerprint density at radius 3 is 2.75 bits per heavy atom. The third-order valence-electron chi connectivity index (χ3n) is 3.64. The summed E-state index contributed by atoms with van der Waals surface area (Å²) >= 11 is 1.49. The van der Waals surface area contributed by atoms with E-state index in [9.17, 15) is 4.79 Å². The van der Waals surface area contributed by atoms with Crippen molar-refractivity contribution in [3.05, 3.63) is 65.0 Å². The van der Waals surface area contributed by atoms with Crippen LogP contribution in [0.4, 0.5) is 5.69 Å². The summed E-state index contributed by atoms with van der Waals surface area (Å²) in [4.78, 5) is 21.0. The third-order valence-corrected chi connectivity index (χ3v) is 4.23. The highest BCUT2D eigenvalue weighted by Crippen LogP contribution is 2.24. The molecule has 2 aromatic carbocycles. The van der Waals surface area contributed by atoms with Crippen LogP contribution in [0.25, 0.3) is 22.6 Å². The van der Waals surface area contributed by atoms with Crippen molar-refractivity contribution in [2.75, 3.05) is 11.2 Å². The van der Waals surface area contributed by atoms with Gasteiger partial charge in [-0.05, 0) is 30.3 Å². The van der Waals surface area contributed by atoms with Crippen molar-refractivity contribution < 1.29 is 4.79 Å². The Bertz CT molecular complexity index is 1010. The van der Waals surface area contributed by atoms with Gasteiger partial charge >= 0.3 is 0 Å². The fourth-order valence-electron chi connectivity index (χ4n) is 2.47. The number of nitrogens with two attached hydrogens (primary N) is 1. The van der Waals surface area contributed by atoms with Crippen LogP contribution >= 0.6 is 11.3 Å². The first-order chi connectivity index (χ1) is 11.7. The molecule has 0 aliphatic rings. The maximum atomic E-state index is 12.2. The lowest BCUT2D eigenvalue weighted by Gasteiger charge is -2.05. The van der Waals surface area contributed by atoms with Crippen LogP contribution < -0.4 is 11.2 Å². The zero-order valence-electron chi connectivity index (χ0n) is 12.5. The van der Waals surface area contributed by atoms with Gasteiger partial charge < -0.3 is 11.2 Å². The van der Waals surface area contributed by atoms with Gasteiger partial charge in [-0.2, -0.15) is 0 Å². The molecule has 0 bridgehead atoms. The number of carbonyl (C=O) groups is 1. The zero-order valence-corrected chi connectivity index (χ0v) is 13.3. The molecule has 0 aliphatic carbocycles. The maximum Gasteiger partial charge on any atom is 0.255 e. The summed E-state index contributed by atoms with van der Waals surface area (Å²) in [5.74, 6) is 6.53. The number of aromatic nitrogens is 3. The highest BCUT2D eigenvalue weighted by Gasteiger charge is 2.13. The fraction of sp³-hybridized carbons (Fsp3) is 0. The van der Waals surface area contributed by atoms with Crippen LogP contribution in [0, 0.1) is 0 Å². The molecule has 4 aromatic rings. The number of thiazole rings is 1. The van der Waals surface area contributed by atoms with Crippen LogP contribution in [0.15, 0.2) is 59.4 Å². The summed E-state index contributed by atoms with van der Waals surface area (Å²) in [6.07, 6.45) is 0. The fourth-order valence-corrected chi connectivity index (χ4v) is 3.00. The number of anilines is 1. The lowest BCUT2D eigenvalue weighted by molar-refractivity contribution is 0.102. The van der Waals surface area contributed by atoms with Gasteiger partial charge in [0.05, 0.1) is 16.5 Å². The van der Waals surface area contributed by atoms with Gasteiger partial charge in [0.15, 0.2) is 5.82 Å². The monoisotopic (exact) mass is 335 g/mol. The van der Waals surface area contributed by atoms with Crippen LogP contribution in [0.5, 0.6) is 0 Å². The second-order valence-electron chi connectivity index (χ2n) is 5.20. The normalized spacial score (nSPS) is 10.8. The minimum atomic E-state index is -0.165. The minimum Gasteiger partial charge on any atom is -0.337 e. The van der Waals surface area contributed by atoms with Crippen molar-refractivity contribution >= 4 is 34.0 Å². The molecule has 2 heterocycles. The Morgan fingerprint density at radius 2 is 2.00 bits per heavy atom. The molecule has 0 atom stereocenters. The summed E-state index contributed by atoms with van der Waals surface area (Å²) in [7, 11) is 0. The van der Waals surface area contributed by atoms with E-state index in [1.54, 1.807) is 29.8 Å². The quantitative estimate of drug-likeness (QED) is 0.563. The Labute approximate surface area is 141 Å². The number of rotatable bonds is 3. The summed E-state index contributed by atoms with van der Waals surface area (Å²) in [6.45, 7) is 0. The molecule has 0 spiro atoms. The predicted molar refractivity (Wildman–Crippen MR) is 95.4 cm³/mol. The van der Waals surface area contributed by atoms with Gasteiger partial charge in [-0.25, -0.2) is 14.6 Å². The Kier molecular flexibility index (Phi) is 3.47. The molecule has 7 heteroatoms. The molecule has 2 aromatic heterocycles. The first-order valence-corrected chi connectivity index (χ1v) is 8.19. The van der Waals surface area contributed by atoms with E-state index in [1.165, 1.54) is 16.0 Å². The lowest BCUT2D eigenvalue weighted by atomic mass is 10.2. The second-order valence-corrected chi connectivity index (χ2v) is 5.92. The number of carbonyl (C=O) groups excluding carboxylic acids is 1. The van der Waals surface area contributed by atoms with Crippen LogP contribution in [-0.2, 0) is 0 Å². The van der Waals surface area contributed by atoms with Gasteiger partial charge in [0, 0.05) is 16.6 Å². The molecule has 6 nitrogen and oxygen atoms in total. The number of fused-ring (bicyclic) bond motifs is 1. The summed E-state index contributed by atoms with van der Waals surface area (Å²) in [5, 5.41) is 4.76. The van der Waals surface area contributed by atoms with Crippen molar-refractivity contribution in [3.63, 3.8) is 0 Å². The van der Waals surface area contributed by atoms with Crippen molar-refractivity contribution in [1.82, 2.24) is 14.6 Å². The molecule has 0 aliphatic heterocycles. The van der Waals surface area contributed by atoms with Gasteiger partial charge in [-0.3, -0.25) is 4.79 Å². The molecule has 24 heavy (non-hydrogen) atoms. The zero-order chi connectivity index (χ0) is 16.5. The number of imidazole rings is 1. The topological polar surface area (TPSA) is 85.8 Å². The maximum absolute atomic E-state index is 12.2. The van der Waals surface area contributed by atoms with Crippen molar-refractivity contribution in [2.45, 2.75) is 0 Å². The Morgan fingerprint density at radius 1 is 1.17 bits per heavy atom. The van der Waals surface area contributed by atoms with E-state index in [0.29, 0.717) is 22.6 Å². The van der Waals surface area contributed by atoms with Gasteiger partial charge in [0.1, 0.15) is 5.69 Å². The predicted octanol–water partition coefficient (Wildman–Crippen LogP) is 3.13. The van der Waals surface area contributed by atoms with E-state index in [0.717, 1.165) is 11.2 Å². The Hall–Kier alpha value is -3.19. The van der Waals surface area contributed by atoms with Crippen LogP contribution in [0.1, 0.15) is 10.4 Å². The van der Waals surface area contributed by atoms with Crippen LogP contribution in [0.3, 0.4) is 0 Å². The van der Waals surface area contributed by atoms with Gasteiger partial charge in [0.25, 0.3) is 5.91 Å². The number of nitrogen functional groups attached to an aromatic ring is 1. The van der Waals surface area contributed by atoms with E-state index < -0.39 is 0 Å². The first kappa shape index (κ1) is 14.4. The Balaban J connectivity index is 1.68.